The van der Waals surface area contributed by atoms with Gasteiger partial charge in [-0.3, -0.25) is 4.79 Å². The molecule has 2 N–H and O–H groups in total. The van der Waals surface area contributed by atoms with Crippen molar-refractivity contribution in [2.45, 2.75) is 56.6 Å². The van der Waals surface area contributed by atoms with Gasteiger partial charge in [0.05, 0.1) is 17.8 Å². The van der Waals surface area contributed by atoms with Gasteiger partial charge in [0, 0.05) is 30.4 Å². The number of halogens is 3. The molecule has 1 aliphatic rings. The van der Waals surface area contributed by atoms with E-state index >= 15 is 0 Å². The van der Waals surface area contributed by atoms with Gasteiger partial charge in [-0.15, -0.1) is 5.10 Å². The number of methoxy groups -OCH3 is 1. The molecule has 0 bridgehead atoms. The Morgan fingerprint density at radius 2 is 2.03 bits per heavy atom. The number of hydrogen-bond acceptors (Lipinski definition) is 7. The van der Waals surface area contributed by atoms with E-state index in [0.29, 0.717) is 22.0 Å². The van der Waals surface area contributed by atoms with E-state index in [-0.39, 0.29) is 5.02 Å². The molecule has 0 aliphatic carbocycles. The third-order valence-electron chi connectivity index (χ3n) is 6.95. The third-order valence-corrected chi connectivity index (χ3v) is 7.49. The monoisotopic (exact) mass is 580 g/mol. The van der Waals surface area contributed by atoms with Crippen molar-refractivity contribution in [3.05, 3.63) is 64.0 Å². The van der Waals surface area contributed by atoms with Crippen molar-refractivity contribution in [1.29, 1.82) is 0 Å². The molecular formula is C27H31Cl2FN4O5. The lowest BCUT2D eigenvalue weighted by Gasteiger charge is -2.43. The minimum Gasteiger partial charge on any atom is -0.394 e. The quantitative estimate of drug-likeness (QED) is 0.392. The smallest absolute Gasteiger partial charge is 0.258 e. The fourth-order valence-corrected chi connectivity index (χ4v) is 5.09. The van der Waals surface area contributed by atoms with Crippen LogP contribution in [-0.4, -0.2) is 76.3 Å². The third kappa shape index (κ3) is 6.11. The molecule has 5 atom stereocenters. The van der Waals surface area contributed by atoms with E-state index in [1.807, 2.05) is 6.07 Å². The number of carbonyl (C=O) groups is 1. The number of aryl methyl sites for hydroxylation is 1. The lowest BCUT2D eigenvalue weighted by atomic mass is 9.91. The summed E-state index contributed by atoms with van der Waals surface area (Å²) in [4.78, 5) is 15.3. The van der Waals surface area contributed by atoms with Gasteiger partial charge in [-0.25, -0.2) is 9.07 Å². The molecule has 0 unspecified atom stereocenters. The molecule has 2 heterocycles. The predicted molar refractivity (Wildman–Crippen MR) is 145 cm³/mol. The topological polar surface area (TPSA) is 110 Å². The van der Waals surface area contributed by atoms with Crippen LogP contribution in [0.4, 0.5) is 10.1 Å². The van der Waals surface area contributed by atoms with Crippen LogP contribution in [0.1, 0.15) is 31.4 Å². The minimum absolute atomic E-state index is 0.0285. The number of carbonyl (C=O) groups excluding carboxylic acids is 1. The van der Waals surface area contributed by atoms with E-state index in [1.54, 1.807) is 25.2 Å². The number of benzene rings is 2. The second-order valence-corrected chi connectivity index (χ2v) is 10.3. The van der Waals surface area contributed by atoms with Crippen LogP contribution in [-0.2, 0) is 20.7 Å². The van der Waals surface area contributed by atoms with Crippen LogP contribution in [0.3, 0.4) is 0 Å². The number of aromatic nitrogens is 3. The van der Waals surface area contributed by atoms with Gasteiger partial charge in [-0.05, 0) is 42.7 Å². The fourth-order valence-electron chi connectivity index (χ4n) is 4.81. The Morgan fingerprint density at radius 1 is 1.26 bits per heavy atom. The highest BCUT2D eigenvalue weighted by molar-refractivity contribution is 6.31. The van der Waals surface area contributed by atoms with E-state index in [0.717, 1.165) is 24.8 Å². The van der Waals surface area contributed by atoms with Crippen molar-refractivity contribution < 1.29 is 28.9 Å². The standard InChI is InChI=1S/C27H31Cl2FN4O5/c1-4-5-6-15-7-9-17(28)12-21(15)33(2)27(37)26-25(38-3)23(24(36)22(14-35)39-26)34-13-20(31-32-34)16-8-10-18(29)19(30)11-16/h7-13,22-26,35-36H,4-6,14H2,1-3H3/t22-,23+,24+,25-,26-/m1/s1. The lowest BCUT2D eigenvalue weighted by Crippen LogP contribution is -2.61. The summed E-state index contributed by atoms with van der Waals surface area (Å²) in [5.41, 5.74) is 2.33. The van der Waals surface area contributed by atoms with Crippen LogP contribution in [0.15, 0.2) is 42.6 Å². The van der Waals surface area contributed by atoms with Gasteiger partial charge >= 0.3 is 0 Å². The second-order valence-electron chi connectivity index (χ2n) is 9.45. The normalized spacial score (nSPS) is 23.1. The molecule has 0 spiro atoms. The highest BCUT2D eigenvalue weighted by Gasteiger charge is 2.50. The molecule has 3 aromatic rings. The molecule has 9 nitrogen and oxygen atoms in total. The first-order valence-electron chi connectivity index (χ1n) is 12.6. The molecule has 39 heavy (non-hydrogen) atoms. The van der Waals surface area contributed by atoms with Gasteiger partial charge in [0.25, 0.3) is 5.91 Å². The SMILES string of the molecule is CCCCc1ccc(Cl)cc1N(C)C(=O)[C@@H]1O[C@H](CO)[C@H](O)[C@H](n2cc(-c3ccc(Cl)c(F)c3)nn2)[C@H]1OC. The largest absolute Gasteiger partial charge is 0.394 e. The van der Waals surface area contributed by atoms with Gasteiger partial charge in [-0.1, -0.05) is 53.9 Å². The molecule has 4 rings (SSSR count). The molecule has 0 radical (unpaired) electrons. The Kier molecular flexibility index (Phi) is 9.58. The Bertz CT molecular complexity index is 1310. The van der Waals surface area contributed by atoms with Crippen molar-refractivity contribution >= 4 is 34.8 Å². The van der Waals surface area contributed by atoms with Gasteiger partial charge < -0.3 is 24.6 Å². The predicted octanol–water partition coefficient (Wildman–Crippen LogP) is 4.07. The van der Waals surface area contributed by atoms with Gasteiger partial charge in [0.2, 0.25) is 0 Å². The van der Waals surface area contributed by atoms with Crippen molar-refractivity contribution in [2.24, 2.45) is 0 Å². The van der Waals surface area contributed by atoms with Gasteiger partial charge in [0.15, 0.2) is 6.10 Å². The highest BCUT2D eigenvalue weighted by Crippen LogP contribution is 2.35. The maximum atomic E-state index is 14.0. The van der Waals surface area contributed by atoms with Crippen molar-refractivity contribution in [3.8, 4) is 11.3 Å². The number of likely N-dealkylation sites (N-methyl/N-ethyl adjacent to an activating group) is 1. The summed E-state index contributed by atoms with van der Waals surface area (Å²) in [5, 5.41) is 29.8. The Balaban J connectivity index is 1.68. The van der Waals surface area contributed by atoms with E-state index in [1.165, 1.54) is 35.0 Å². The Labute approximate surface area is 236 Å². The number of amides is 1. The first kappa shape index (κ1) is 29.4. The first-order chi connectivity index (χ1) is 18.7. The van der Waals surface area contributed by atoms with Crippen molar-refractivity contribution in [3.63, 3.8) is 0 Å². The van der Waals surface area contributed by atoms with Crippen molar-refractivity contribution in [1.82, 2.24) is 15.0 Å². The zero-order valence-corrected chi connectivity index (χ0v) is 23.3. The molecule has 12 heteroatoms. The number of aliphatic hydroxyl groups excluding tert-OH is 2. The van der Waals surface area contributed by atoms with Crippen LogP contribution in [0.2, 0.25) is 10.0 Å². The number of nitrogens with zero attached hydrogens (tertiary/aromatic N) is 4. The van der Waals surface area contributed by atoms with Crippen LogP contribution >= 0.6 is 23.2 Å². The molecule has 1 aliphatic heterocycles. The molecule has 1 fully saturated rings. The molecule has 1 aromatic heterocycles. The molecule has 2 aromatic carbocycles. The number of ether oxygens (including phenoxy) is 2. The van der Waals surface area contributed by atoms with E-state index in [4.69, 9.17) is 32.7 Å². The maximum absolute atomic E-state index is 14.0. The summed E-state index contributed by atoms with van der Waals surface area (Å²) in [6.45, 7) is 1.54. The number of rotatable bonds is 9. The van der Waals surface area contributed by atoms with Crippen molar-refractivity contribution in [2.75, 3.05) is 25.7 Å². The number of anilines is 1. The molecular weight excluding hydrogens is 550 g/mol. The van der Waals surface area contributed by atoms with Crippen LogP contribution < -0.4 is 4.90 Å². The van der Waals surface area contributed by atoms with E-state index in [2.05, 4.69) is 17.2 Å². The van der Waals surface area contributed by atoms with Crippen LogP contribution in [0.5, 0.6) is 0 Å². The summed E-state index contributed by atoms with van der Waals surface area (Å²) < 4.78 is 27.0. The zero-order chi connectivity index (χ0) is 28.3. The molecule has 1 amide bonds. The Hall–Kier alpha value is -2.60. The van der Waals surface area contributed by atoms with Crippen LogP contribution in [0.25, 0.3) is 11.3 Å². The first-order valence-corrected chi connectivity index (χ1v) is 13.4. The molecule has 210 valence electrons. The Morgan fingerprint density at radius 3 is 2.69 bits per heavy atom. The highest BCUT2D eigenvalue weighted by atomic mass is 35.5. The van der Waals surface area contributed by atoms with Gasteiger partial charge in [0.1, 0.15) is 35.9 Å². The number of hydrogen-bond donors (Lipinski definition) is 2. The average Bonchev–Trinajstić information content (AvgIpc) is 3.42. The lowest BCUT2D eigenvalue weighted by molar-refractivity contribution is -0.211. The maximum Gasteiger partial charge on any atom is 0.258 e. The fraction of sp³-hybridized carbons (Fsp3) is 0.444. The minimum atomic E-state index is -1.29. The summed E-state index contributed by atoms with van der Waals surface area (Å²) >= 11 is 12.1. The second kappa shape index (κ2) is 12.7. The summed E-state index contributed by atoms with van der Waals surface area (Å²) in [7, 11) is 3.02. The van der Waals surface area contributed by atoms with E-state index < -0.39 is 48.8 Å². The molecule has 0 saturated carbocycles. The van der Waals surface area contributed by atoms with Gasteiger partial charge in [-0.2, -0.15) is 0 Å². The average molecular weight is 581 g/mol. The summed E-state index contributed by atoms with van der Waals surface area (Å²) in [5.74, 6) is -1.06. The summed E-state index contributed by atoms with van der Waals surface area (Å²) in [6, 6.07) is 8.67. The van der Waals surface area contributed by atoms with Crippen LogP contribution in [0, 0.1) is 5.82 Å². The number of aliphatic hydroxyl groups is 2. The molecule has 1 saturated heterocycles. The number of unbranched alkanes of at least 4 members (excludes halogenated alkanes) is 1. The zero-order valence-electron chi connectivity index (χ0n) is 21.8. The summed E-state index contributed by atoms with van der Waals surface area (Å²) in [6.07, 6.45) is -0.431. The van der Waals surface area contributed by atoms with E-state index in [9.17, 15) is 19.4 Å².